The number of carbonyl (C=O) groups is 1. The lowest BCUT2D eigenvalue weighted by molar-refractivity contribution is -0.128. The van der Waals surface area contributed by atoms with E-state index in [0.29, 0.717) is 11.7 Å². The van der Waals surface area contributed by atoms with Crippen molar-refractivity contribution in [3.05, 3.63) is 77.6 Å². The molecule has 1 amide bonds. The van der Waals surface area contributed by atoms with E-state index in [1.54, 1.807) is 0 Å². The van der Waals surface area contributed by atoms with Crippen LogP contribution in [0.5, 0.6) is 0 Å². The van der Waals surface area contributed by atoms with Crippen molar-refractivity contribution in [3.63, 3.8) is 0 Å². The monoisotopic (exact) mass is 392 g/mol. The summed E-state index contributed by atoms with van der Waals surface area (Å²) in [4.78, 5) is 14.8. The normalized spacial score (nSPS) is 13.7. The zero-order chi connectivity index (χ0) is 19.5. The van der Waals surface area contributed by atoms with Crippen LogP contribution in [0.3, 0.4) is 0 Å². The fourth-order valence-corrected chi connectivity index (χ4v) is 4.27. The van der Waals surface area contributed by atoms with Gasteiger partial charge >= 0.3 is 0 Å². The molecule has 3 aromatic rings. The quantitative estimate of drug-likeness (QED) is 0.570. The molecule has 1 aliphatic rings. The number of benzene rings is 2. The van der Waals surface area contributed by atoms with Gasteiger partial charge in [0.15, 0.2) is 5.16 Å². The van der Waals surface area contributed by atoms with Gasteiger partial charge in [0.2, 0.25) is 5.91 Å². The van der Waals surface area contributed by atoms with E-state index >= 15 is 0 Å². The van der Waals surface area contributed by atoms with Crippen molar-refractivity contribution in [2.45, 2.75) is 30.0 Å². The topological polar surface area (TPSA) is 51.0 Å². The van der Waals surface area contributed by atoms with E-state index in [1.165, 1.54) is 24.6 Å². The van der Waals surface area contributed by atoms with Crippen LogP contribution < -0.4 is 0 Å². The molecule has 1 aromatic heterocycles. The van der Waals surface area contributed by atoms with Crippen molar-refractivity contribution < 1.29 is 4.79 Å². The maximum absolute atomic E-state index is 13.0. The fourth-order valence-electron chi connectivity index (χ4n) is 3.43. The van der Waals surface area contributed by atoms with Crippen molar-refractivity contribution in [1.29, 1.82) is 0 Å². The highest BCUT2D eigenvalue weighted by Gasteiger charge is 2.30. The molecule has 28 heavy (non-hydrogen) atoms. The lowest BCUT2D eigenvalue weighted by Crippen LogP contribution is -2.33. The number of hydrogen-bond donors (Lipinski definition) is 0. The number of rotatable bonds is 7. The Hall–Kier alpha value is -2.60. The molecule has 0 saturated heterocycles. The number of carbonyl (C=O) groups excluding carboxylic acids is 1. The van der Waals surface area contributed by atoms with Crippen molar-refractivity contribution in [1.82, 2.24) is 19.7 Å². The van der Waals surface area contributed by atoms with Gasteiger partial charge in [-0.15, -0.1) is 10.2 Å². The zero-order valence-corrected chi connectivity index (χ0v) is 17.0. The predicted molar refractivity (Wildman–Crippen MR) is 111 cm³/mol. The molecular formula is C22H24N4OS. The van der Waals surface area contributed by atoms with E-state index in [0.717, 1.165) is 22.1 Å². The number of aromatic nitrogens is 3. The molecular weight excluding hydrogens is 368 g/mol. The van der Waals surface area contributed by atoms with E-state index in [4.69, 9.17) is 0 Å². The van der Waals surface area contributed by atoms with Gasteiger partial charge in [-0.2, -0.15) is 0 Å². The Bertz CT molecular complexity index is 898. The summed E-state index contributed by atoms with van der Waals surface area (Å²) in [7, 11) is 3.86. The fraction of sp³-hybridized carbons (Fsp3) is 0.318. The Labute approximate surface area is 169 Å². The van der Waals surface area contributed by atoms with Crippen LogP contribution in [0.15, 0.2) is 65.8 Å². The molecule has 0 bridgehead atoms. The van der Waals surface area contributed by atoms with E-state index < -0.39 is 0 Å². The summed E-state index contributed by atoms with van der Waals surface area (Å²) in [5.74, 6) is 1.99. The SMILES string of the molecule is CN(C(=O)CSc1nnc(C2CC2)n1C)C(c1ccccc1)c1ccccc1. The highest BCUT2D eigenvalue weighted by molar-refractivity contribution is 7.99. The number of hydrogen-bond acceptors (Lipinski definition) is 4. The third-order valence-corrected chi connectivity index (χ3v) is 6.15. The molecule has 1 heterocycles. The average Bonchev–Trinajstić information content (AvgIpc) is 3.51. The molecule has 0 atom stereocenters. The Morgan fingerprint density at radius 1 is 1.07 bits per heavy atom. The minimum absolute atomic E-state index is 0.0682. The number of thioether (sulfide) groups is 1. The third kappa shape index (κ3) is 3.97. The van der Waals surface area contributed by atoms with Crippen LogP contribution in [0, 0.1) is 0 Å². The van der Waals surface area contributed by atoms with Crippen molar-refractivity contribution in [2.24, 2.45) is 7.05 Å². The molecule has 0 spiro atoms. The molecule has 5 nitrogen and oxygen atoms in total. The molecule has 2 aromatic carbocycles. The highest BCUT2D eigenvalue weighted by Crippen LogP contribution is 2.39. The van der Waals surface area contributed by atoms with Gasteiger partial charge in [0.05, 0.1) is 11.8 Å². The standard InChI is InChI=1S/C22H24N4OS/c1-25(19(27)15-28-22-24-23-21(26(22)2)18-13-14-18)20(16-9-5-3-6-10-16)17-11-7-4-8-12-17/h3-12,18,20H,13-15H2,1-2H3. The second-order valence-corrected chi connectivity index (χ2v) is 8.13. The number of amides is 1. The van der Waals surface area contributed by atoms with Crippen LogP contribution in [-0.4, -0.2) is 38.4 Å². The summed E-state index contributed by atoms with van der Waals surface area (Å²) in [6.07, 6.45) is 2.38. The van der Waals surface area contributed by atoms with Gasteiger partial charge in [-0.25, -0.2) is 0 Å². The van der Waals surface area contributed by atoms with Crippen LogP contribution in [0.1, 0.15) is 41.8 Å². The molecule has 144 valence electrons. The summed E-state index contributed by atoms with van der Waals surface area (Å²) in [5.41, 5.74) is 2.20. The Kier molecular flexibility index (Phi) is 5.48. The van der Waals surface area contributed by atoms with Gasteiger partial charge in [0, 0.05) is 20.0 Å². The van der Waals surface area contributed by atoms with Crippen molar-refractivity contribution >= 4 is 17.7 Å². The van der Waals surface area contributed by atoms with Gasteiger partial charge in [-0.3, -0.25) is 4.79 Å². The first kappa shape index (κ1) is 18.7. The summed E-state index contributed by atoms with van der Waals surface area (Å²) in [5, 5.41) is 9.38. The second kappa shape index (κ2) is 8.19. The molecule has 0 N–H and O–H groups in total. The van der Waals surface area contributed by atoms with E-state index in [1.807, 2.05) is 60.0 Å². The molecule has 4 rings (SSSR count). The van der Waals surface area contributed by atoms with Crippen LogP contribution in [-0.2, 0) is 11.8 Å². The van der Waals surface area contributed by atoms with Crippen LogP contribution in [0.25, 0.3) is 0 Å². The predicted octanol–water partition coefficient (Wildman–Crippen LogP) is 4.03. The summed E-state index contributed by atoms with van der Waals surface area (Å²) < 4.78 is 2.03. The maximum atomic E-state index is 13.0. The van der Waals surface area contributed by atoms with Gasteiger partial charge in [-0.05, 0) is 24.0 Å². The molecule has 6 heteroatoms. The first-order chi connectivity index (χ1) is 13.6. The highest BCUT2D eigenvalue weighted by atomic mass is 32.2. The van der Waals surface area contributed by atoms with Crippen molar-refractivity contribution in [3.8, 4) is 0 Å². The summed E-state index contributed by atoms with van der Waals surface area (Å²) in [6, 6.07) is 20.2. The molecule has 0 unspecified atom stereocenters. The summed E-state index contributed by atoms with van der Waals surface area (Å²) in [6.45, 7) is 0. The van der Waals surface area contributed by atoms with Gasteiger partial charge in [-0.1, -0.05) is 72.4 Å². The lowest BCUT2D eigenvalue weighted by atomic mass is 9.97. The average molecular weight is 393 g/mol. The molecule has 1 saturated carbocycles. The Balaban J connectivity index is 1.50. The van der Waals surface area contributed by atoms with Crippen LogP contribution >= 0.6 is 11.8 Å². The van der Waals surface area contributed by atoms with Gasteiger partial charge < -0.3 is 9.47 Å². The molecule has 1 aliphatic carbocycles. The van der Waals surface area contributed by atoms with Gasteiger partial charge in [0.25, 0.3) is 0 Å². The zero-order valence-electron chi connectivity index (χ0n) is 16.2. The number of nitrogens with zero attached hydrogens (tertiary/aromatic N) is 4. The molecule has 0 aliphatic heterocycles. The lowest BCUT2D eigenvalue weighted by Gasteiger charge is -2.29. The van der Waals surface area contributed by atoms with Gasteiger partial charge in [0.1, 0.15) is 5.82 Å². The largest absolute Gasteiger partial charge is 0.334 e. The van der Waals surface area contributed by atoms with Crippen molar-refractivity contribution in [2.75, 3.05) is 12.8 Å². The Morgan fingerprint density at radius 3 is 2.18 bits per heavy atom. The van der Waals surface area contributed by atoms with E-state index in [2.05, 4.69) is 34.5 Å². The third-order valence-electron chi connectivity index (χ3n) is 5.15. The Morgan fingerprint density at radius 2 is 1.64 bits per heavy atom. The van der Waals surface area contributed by atoms with Crippen LogP contribution in [0.4, 0.5) is 0 Å². The molecule has 1 fully saturated rings. The van der Waals surface area contributed by atoms with Crippen LogP contribution in [0.2, 0.25) is 0 Å². The first-order valence-corrected chi connectivity index (χ1v) is 10.5. The van der Waals surface area contributed by atoms with E-state index in [-0.39, 0.29) is 11.9 Å². The first-order valence-electron chi connectivity index (χ1n) is 9.53. The second-order valence-electron chi connectivity index (χ2n) is 7.19. The van der Waals surface area contributed by atoms with E-state index in [9.17, 15) is 4.79 Å². The summed E-state index contributed by atoms with van der Waals surface area (Å²) >= 11 is 1.46. The minimum atomic E-state index is -0.114. The maximum Gasteiger partial charge on any atom is 0.233 e. The minimum Gasteiger partial charge on any atom is -0.334 e. The smallest absolute Gasteiger partial charge is 0.233 e. The molecule has 0 radical (unpaired) electrons.